The predicted molar refractivity (Wildman–Crippen MR) is 61.7 cm³/mol. The van der Waals surface area contributed by atoms with Gasteiger partial charge >= 0.3 is 0 Å². The van der Waals surface area contributed by atoms with Crippen LogP contribution in [0.15, 0.2) is 0 Å². The first-order valence-electron chi connectivity index (χ1n) is 5.40. The van der Waals surface area contributed by atoms with E-state index in [0.29, 0.717) is 12.6 Å². The van der Waals surface area contributed by atoms with Gasteiger partial charge in [0.05, 0.1) is 6.54 Å². The van der Waals surface area contributed by atoms with E-state index in [1.165, 1.54) is 12.2 Å². The second-order valence-electron chi connectivity index (χ2n) is 3.66. The van der Waals surface area contributed by atoms with Crippen LogP contribution in [0.1, 0.15) is 26.2 Å². The van der Waals surface area contributed by atoms with Gasteiger partial charge in [-0.3, -0.25) is 4.79 Å². The maximum Gasteiger partial charge on any atom is 0.234 e. The summed E-state index contributed by atoms with van der Waals surface area (Å²) in [5, 5.41) is 6.16. The smallest absolute Gasteiger partial charge is 0.234 e. The van der Waals surface area contributed by atoms with E-state index in [0.717, 1.165) is 25.1 Å². The summed E-state index contributed by atoms with van der Waals surface area (Å²) in [4.78, 5) is 11.4. The van der Waals surface area contributed by atoms with E-state index in [2.05, 4.69) is 17.6 Å². The van der Waals surface area contributed by atoms with Crippen molar-refractivity contribution in [1.29, 1.82) is 0 Å². The van der Waals surface area contributed by atoms with Gasteiger partial charge in [-0.25, -0.2) is 0 Å². The van der Waals surface area contributed by atoms with Gasteiger partial charge in [-0.2, -0.15) is 11.8 Å². The zero-order valence-electron chi connectivity index (χ0n) is 8.84. The maximum absolute atomic E-state index is 11.4. The van der Waals surface area contributed by atoms with Crippen molar-refractivity contribution in [3.05, 3.63) is 0 Å². The van der Waals surface area contributed by atoms with Crippen LogP contribution in [0.4, 0.5) is 0 Å². The molecule has 0 aromatic rings. The first kappa shape index (κ1) is 11.9. The molecule has 0 bridgehead atoms. The Morgan fingerprint density at radius 1 is 1.57 bits per heavy atom. The molecular weight excluding hydrogens is 196 g/mol. The molecule has 0 aliphatic carbocycles. The van der Waals surface area contributed by atoms with Crippen LogP contribution in [-0.4, -0.2) is 36.5 Å². The maximum atomic E-state index is 11.4. The molecule has 82 valence electrons. The summed E-state index contributed by atoms with van der Waals surface area (Å²) in [7, 11) is 0. The lowest BCUT2D eigenvalue weighted by atomic mass is 10.2. The molecule has 1 fully saturated rings. The second kappa shape index (κ2) is 7.12. The van der Waals surface area contributed by atoms with Crippen molar-refractivity contribution < 1.29 is 4.79 Å². The molecule has 2 N–H and O–H groups in total. The molecule has 0 saturated carbocycles. The summed E-state index contributed by atoms with van der Waals surface area (Å²) >= 11 is 1.94. The van der Waals surface area contributed by atoms with Crippen LogP contribution in [0.25, 0.3) is 0 Å². The minimum Gasteiger partial charge on any atom is -0.351 e. The van der Waals surface area contributed by atoms with Gasteiger partial charge < -0.3 is 10.6 Å². The Bertz CT molecular complexity index is 170. The summed E-state index contributed by atoms with van der Waals surface area (Å²) in [6.07, 6.45) is 3.46. The molecule has 1 aliphatic rings. The van der Waals surface area contributed by atoms with Crippen molar-refractivity contribution in [1.82, 2.24) is 10.6 Å². The fourth-order valence-corrected chi connectivity index (χ4v) is 2.58. The Morgan fingerprint density at radius 3 is 3.07 bits per heavy atom. The second-order valence-corrected chi connectivity index (χ2v) is 4.81. The fraction of sp³-hybridized carbons (Fsp3) is 0.900. The number of carbonyl (C=O) groups is 1. The highest BCUT2D eigenvalue weighted by molar-refractivity contribution is 7.99. The van der Waals surface area contributed by atoms with Gasteiger partial charge in [-0.15, -0.1) is 0 Å². The van der Waals surface area contributed by atoms with Gasteiger partial charge in [0.15, 0.2) is 0 Å². The molecule has 0 aromatic carbocycles. The molecule has 0 radical (unpaired) electrons. The zero-order valence-corrected chi connectivity index (χ0v) is 9.66. The number of rotatable bonds is 5. The van der Waals surface area contributed by atoms with Gasteiger partial charge in [-0.05, 0) is 31.6 Å². The summed E-state index contributed by atoms with van der Waals surface area (Å²) in [5.74, 6) is 2.48. The number of hydrogen-bond donors (Lipinski definition) is 2. The summed E-state index contributed by atoms with van der Waals surface area (Å²) in [6.45, 7) is 3.49. The number of thioether (sulfide) groups is 1. The quantitative estimate of drug-likeness (QED) is 0.674. The number of carbonyl (C=O) groups excluding carboxylic acids is 1. The van der Waals surface area contributed by atoms with E-state index in [9.17, 15) is 4.79 Å². The van der Waals surface area contributed by atoms with Gasteiger partial charge in [0.1, 0.15) is 0 Å². The van der Waals surface area contributed by atoms with E-state index in [4.69, 9.17) is 0 Å². The molecule has 14 heavy (non-hydrogen) atoms. The average Bonchev–Trinajstić information content (AvgIpc) is 2.20. The highest BCUT2D eigenvalue weighted by atomic mass is 32.2. The first-order chi connectivity index (χ1) is 6.83. The van der Waals surface area contributed by atoms with Crippen LogP contribution in [0.2, 0.25) is 0 Å². The molecular formula is C10H20N2OS. The molecule has 0 aromatic heterocycles. The highest BCUT2D eigenvalue weighted by Crippen LogP contribution is 2.16. The minimum atomic E-state index is 0.144. The Balaban J connectivity index is 2.06. The summed E-state index contributed by atoms with van der Waals surface area (Å²) < 4.78 is 0. The number of nitrogens with one attached hydrogen (secondary N) is 2. The summed E-state index contributed by atoms with van der Waals surface area (Å²) in [6, 6.07) is 0.407. The number of amides is 1. The molecule has 4 heteroatoms. The van der Waals surface area contributed by atoms with Crippen molar-refractivity contribution >= 4 is 17.7 Å². The standard InChI is InChI=1S/C10H20N2OS/c1-2-5-11-7-10(13)12-9-4-3-6-14-8-9/h9,11H,2-8H2,1H3,(H,12,13). The van der Waals surface area contributed by atoms with Crippen LogP contribution < -0.4 is 10.6 Å². The van der Waals surface area contributed by atoms with Crippen LogP contribution in [0, 0.1) is 0 Å². The topological polar surface area (TPSA) is 41.1 Å². The summed E-state index contributed by atoms with van der Waals surface area (Å²) in [5.41, 5.74) is 0. The van der Waals surface area contributed by atoms with E-state index < -0.39 is 0 Å². The van der Waals surface area contributed by atoms with E-state index in [1.54, 1.807) is 0 Å². The monoisotopic (exact) mass is 216 g/mol. The molecule has 1 aliphatic heterocycles. The predicted octanol–water partition coefficient (Wildman–Crippen LogP) is 0.998. The fourth-order valence-electron chi connectivity index (χ4n) is 1.51. The van der Waals surface area contributed by atoms with Gasteiger partial charge in [0.2, 0.25) is 5.91 Å². The van der Waals surface area contributed by atoms with Crippen LogP contribution in [0.5, 0.6) is 0 Å². The minimum absolute atomic E-state index is 0.144. The lowest BCUT2D eigenvalue weighted by Gasteiger charge is -2.22. The Morgan fingerprint density at radius 2 is 2.43 bits per heavy atom. The van der Waals surface area contributed by atoms with Crippen molar-refractivity contribution in [2.24, 2.45) is 0 Å². The Hall–Kier alpha value is -0.220. The van der Waals surface area contributed by atoms with Gasteiger partial charge in [0.25, 0.3) is 0 Å². The third-order valence-electron chi connectivity index (χ3n) is 2.24. The molecule has 1 amide bonds. The van der Waals surface area contributed by atoms with E-state index in [-0.39, 0.29) is 5.91 Å². The van der Waals surface area contributed by atoms with E-state index in [1.807, 2.05) is 11.8 Å². The molecule has 1 saturated heterocycles. The van der Waals surface area contributed by atoms with Crippen LogP contribution >= 0.6 is 11.8 Å². The lowest BCUT2D eigenvalue weighted by molar-refractivity contribution is -0.120. The first-order valence-corrected chi connectivity index (χ1v) is 6.56. The Kier molecular flexibility index (Phi) is 6.03. The van der Waals surface area contributed by atoms with Crippen molar-refractivity contribution in [3.63, 3.8) is 0 Å². The SMILES string of the molecule is CCCNCC(=O)NC1CCCSC1. The highest BCUT2D eigenvalue weighted by Gasteiger charge is 2.15. The normalized spacial score (nSPS) is 21.9. The Labute approximate surface area is 90.4 Å². The average molecular weight is 216 g/mol. The third kappa shape index (κ3) is 4.86. The molecule has 1 atom stereocenters. The molecule has 1 unspecified atom stereocenters. The van der Waals surface area contributed by atoms with Gasteiger partial charge in [-0.1, -0.05) is 6.92 Å². The van der Waals surface area contributed by atoms with Crippen LogP contribution in [-0.2, 0) is 4.79 Å². The number of hydrogen-bond acceptors (Lipinski definition) is 3. The van der Waals surface area contributed by atoms with Gasteiger partial charge in [0, 0.05) is 11.8 Å². The third-order valence-corrected chi connectivity index (χ3v) is 3.45. The van der Waals surface area contributed by atoms with Crippen LogP contribution in [0.3, 0.4) is 0 Å². The van der Waals surface area contributed by atoms with Crippen molar-refractivity contribution in [2.75, 3.05) is 24.6 Å². The molecule has 3 nitrogen and oxygen atoms in total. The van der Waals surface area contributed by atoms with Crippen molar-refractivity contribution in [2.45, 2.75) is 32.2 Å². The molecule has 0 spiro atoms. The molecule has 1 heterocycles. The zero-order chi connectivity index (χ0) is 10.2. The van der Waals surface area contributed by atoms with E-state index >= 15 is 0 Å². The largest absolute Gasteiger partial charge is 0.351 e. The van der Waals surface area contributed by atoms with Crippen molar-refractivity contribution in [3.8, 4) is 0 Å². The lowest BCUT2D eigenvalue weighted by Crippen LogP contribution is -2.42. The molecule has 1 rings (SSSR count).